The van der Waals surface area contributed by atoms with Crippen molar-refractivity contribution < 1.29 is 9.50 Å². The van der Waals surface area contributed by atoms with Crippen LogP contribution in [0.5, 0.6) is 0 Å². The molecule has 1 nitrogen and oxygen atoms in total. The molecule has 0 aliphatic rings. The Morgan fingerprint density at radius 3 is 2.88 bits per heavy atom. The van der Waals surface area contributed by atoms with Gasteiger partial charge < -0.3 is 5.11 Å². The second-order valence-electron chi connectivity index (χ2n) is 3.80. The number of rotatable bonds is 4. The van der Waals surface area contributed by atoms with Crippen LogP contribution in [0.15, 0.2) is 40.2 Å². The third kappa shape index (κ3) is 3.37. The van der Waals surface area contributed by atoms with Gasteiger partial charge in [-0.3, -0.25) is 0 Å². The van der Waals surface area contributed by atoms with Crippen LogP contribution in [0.1, 0.15) is 23.0 Å². The third-order valence-corrected chi connectivity index (χ3v) is 3.99. The predicted molar refractivity (Wildman–Crippen MR) is 71.7 cm³/mol. The number of aliphatic hydroxyl groups is 1. The first kappa shape index (κ1) is 12.7. The Balaban J connectivity index is 2.04. The molecule has 17 heavy (non-hydrogen) atoms. The van der Waals surface area contributed by atoms with Crippen molar-refractivity contribution in [3.63, 3.8) is 0 Å². The monoisotopic (exact) mass is 314 g/mol. The van der Waals surface area contributed by atoms with Crippen LogP contribution in [0.3, 0.4) is 0 Å². The zero-order chi connectivity index (χ0) is 12.3. The lowest BCUT2D eigenvalue weighted by molar-refractivity contribution is 0.163. The van der Waals surface area contributed by atoms with Crippen molar-refractivity contribution >= 4 is 27.3 Å². The highest BCUT2D eigenvalue weighted by atomic mass is 79.9. The first-order valence-electron chi connectivity index (χ1n) is 5.32. The fourth-order valence-electron chi connectivity index (χ4n) is 1.66. The van der Waals surface area contributed by atoms with Gasteiger partial charge in [-0.1, -0.05) is 22.0 Å². The van der Waals surface area contributed by atoms with Gasteiger partial charge in [0.2, 0.25) is 0 Å². The Bertz CT molecular complexity index is 484. The fraction of sp³-hybridized carbons (Fsp3) is 0.231. The highest BCUT2D eigenvalue weighted by Gasteiger charge is 2.13. The minimum atomic E-state index is -0.755. The van der Waals surface area contributed by atoms with Crippen molar-refractivity contribution in [2.45, 2.75) is 18.9 Å². The second-order valence-corrected chi connectivity index (χ2v) is 5.75. The average Bonchev–Trinajstić information content (AvgIpc) is 2.82. The van der Waals surface area contributed by atoms with Gasteiger partial charge in [0.25, 0.3) is 0 Å². The van der Waals surface area contributed by atoms with E-state index in [1.165, 1.54) is 10.9 Å². The van der Waals surface area contributed by atoms with E-state index in [0.29, 0.717) is 12.0 Å². The van der Waals surface area contributed by atoms with Crippen molar-refractivity contribution in [2.75, 3.05) is 0 Å². The van der Waals surface area contributed by atoms with E-state index in [0.717, 1.165) is 10.9 Å². The largest absolute Gasteiger partial charge is 0.388 e. The summed E-state index contributed by atoms with van der Waals surface area (Å²) in [5.74, 6) is -0.355. The van der Waals surface area contributed by atoms with Crippen molar-refractivity contribution in [1.29, 1.82) is 0 Å². The van der Waals surface area contributed by atoms with E-state index < -0.39 is 6.10 Å². The van der Waals surface area contributed by atoms with E-state index in [2.05, 4.69) is 15.9 Å². The van der Waals surface area contributed by atoms with Crippen LogP contribution < -0.4 is 0 Å². The Hall–Kier alpha value is -0.710. The molecule has 0 amide bonds. The summed E-state index contributed by atoms with van der Waals surface area (Å²) in [6.45, 7) is 0. The summed E-state index contributed by atoms with van der Waals surface area (Å²) in [4.78, 5) is 1.21. The molecular formula is C13H12BrFOS. The maximum Gasteiger partial charge on any atom is 0.129 e. The number of aliphatic hydroxyl groups excluding tert-OH is 1. The first-order chi connectivity index (χ1) is 8.16. The summed E-state index contributed by atoms with van der Waals surface area (Å²) >= 11 is 4.93. The Morgan fingerprint density at radius 2 is 2.18 bits per heavy atom. The molecule has 0 fully saturated rings. The molecule has 2 aromatic rings. The van der Waals surface area contributed by atoms with E-state index in [4.69, 9.17) is 0 Å². The van der Waals surface area contributed by atoms with Gasteiger partial charge in [0.1, 0.15) is 5.82 Å². The summed E-state index contributed by atoms with van der Waals surface area (Å²) in [7, 11) is 0. The third-order valence-electron chi connectivity index (χ3n) is 2.56. The molecule has 4 heteroatoms. The van der Waals surface area contributed by atoms with Gasteiger partial charge in [0.15, 0.2) is 0 Å². The zero-order valence-electron chi connectivity index (χ0n) is 9.07. The average molecular weight is 315 g/mol. The van der Waals surface area contributed by atoms with Gasteiger partial charge in [-0.25, -0.2) is 4.39 Å². The van der Waals surface area contributed by atoms with Crippen molar-refractivity contribution in [1.82, 2.24) is 0 Å². The van der Waals surface area contributed by atoms with Crippen molar-refractivity contribution in [3.05, 3.63) is 56.4 Å². The molecule has 0 spiro atoms. The van der Waals surface area contributed by atoms with E-state index in [1.54, 1.807) is 23.5 Å². The highest BCUT2D eigenvalue weighted by molar-refractivity contribution is 9.10. The van der Waals surface area contributed by atoms with Gasteiger partial charge in [-0.15, -0.1) is 11.3 Å². The van der Waals surface area contributed by atoms with E-state index >= 15 is 0 Å². The molecule has 0 aliphatic heterocycles. The van der Waals surface area contributed by atoms with Gasteiger partial charge in [-0.05, 0) is 42.5 Å². The molecule has 2 rings (SSSR count). The second kappa shape index (κ2) is 5.76. The lowest BCUT2D eigenvalue weighted by atomic mass is 10.0. The number of aryl methyl sites for hydroxylation is 1. The van der Waals surface area contributed by atoms with Crippen LogP contribution in [0.25, 0.3) is 0 Å². The topological polar surface area (TPSA) is 20.2 Å². The summed E-state index contributed by atoms with van der Waals surface area (Å²) < 4.78 is 14.3. The SMILES string of the molecule is OC(CCc1cccs1)c1cc(Br)ccc1F. The number of hydrogen-bond donors (Lipinski definition) is 1. The van der Waals surface area contributed by atoms with Gasteiger partial charge >= 0.3 is 0 Å². The lowest BCUT2D eigenvalue weighted by Gasteiger charge is -2.11. The quantitative estimate of drug-likeness (QED) is 0.891. The van der Waals surface area contributed by atoms with E-state index in [-0.39, 0.29) is 5.82 Å². The first-order valence-corrected chi connectivity index (χ1v) is 6.99. The molecule has 1 heterocycles. The van der Waals surface area contributed by atoms with Gasteiger partial charge in [0.05, 0.1) is 6.10 Å². The Kier molecular flexibility index (Phi) is 4.31. The smallest absolute Gasteiger partial charge is 0.129 e. The van der Waals surface area contributed by atoms with Crippen LogP contribution in [0, 0.1) is 5.82 Å². The summed E-state index contributed by atoms with van der Waals surface area (Å²) in [5, 5.41) is 12.0. The molecule has 1 atom stereocenters. The molecule has 0 aliphatic carbocycles. The van der Waals surface area contributed by atoms with Crippen LogP contribution in [-0.4, -0.2) is 5.11 Å². The zero-order valence-corrected chi connectivity index (χ0v) is 11.5. The molecular weight excluding hydrogens is 303 g/mol. The minimum absolute atomic E-state index is 0.355. The number of benzene rings is 1. The maximum absolute atomic E-state index is 13.5. The minimum Gasteiger partial charge on any atom is -0.388 e. The molecule has 1 N–H and O–H groups in total. The summed E-state index contributed by atoms with van der Waals surface area (Å²) in [6.07, 6.45) is 0.549. The Labute approximate surface area is 112 Å². The normalized spacial score (nSPS) is 12.6. The molecule has 0 bridgehead atoms. The lowest BCUT2D eigenvalue weighted by Crippen LogP contribution is -2.02. The molecule has 0 radical (unpaired) electrons. The van der Waals surface area contributed by atoms with Crippen molar-refractivity contribution in [2.24, 2.45) is 0 Å². The van der Waals surface area contributed by atoms with Crippen LogP contribution >= 0.6 is 27.3 Å². The molecule has 0 saturated heterocycles. The number of hydrogen-bond acceptors (Lipinski definition) is 2. The number of thiophene rings is 1. The highest BCUT2D eigenvalue weighted by Crippen LogP contribution is 2.25. The summed E-state index contributed by atoms with van der Waals surface area (Å²) in [6, 6.07) is 8.63. The standard InChI is InChI=1S/C13H12BrFOS/c14-9-3-5-12(15)11(8-9)13(16)6-4-10-2-1-7-17-10/h1-3,5,7-8,13,16H,4,6H2. The molecule has 1 aromatic heterocycles. The van der Waals surface area contributed by atoms with Crippen LogP contribution in [0.4, 0.5) is 4.39 Å². The number of halogens is 2. The fourth-order valence-corrected chi connectivity index (χ4v) is 2.76. The Morgan fingerprint density at radius 1 is 1.35 bits per heavy atom. The predicted octanol–water partition coefficient (Wildman–Crippen LogP) is 4.32. The van der Waals surface area contributed by atoms with Crippen molar-refractivity contribution in [3.8, 4) is 0 Å². The van der Waals surface area contributed by atoms with Crippen LogP contribution in [0.2, 0.25) is 0 Å². The van der Waals surface area contributed by atoms with Gasteiger partial charge in [0, 0.05) is 14.9 Å². The van der Waals surface area contributed by atoms with E-state index in [1.807, 2.05) is 17.5 Å². The maximum atomic E-state index is 13.5. The molecule has 90 valence electrons. The molecule has 0 saturated carbocycles. The van der Waals surface area contributed by atoms with E-state index in [9.17, 15) is 9.50 Å². The van der Waals surface area contributed by atoms with Gasteiger partial charge in [-0.2, -0.15) is 0 Å². The molecule has 1 aromatic carbocycles. The summed E-state index contributed by atoms with van der Waals surface area (Å²) in [5.41, 5.74) is 0.357. The van der Waals surface area contributed by atoms with Crippen LogP contribution in [-0.2, 0) is 6.42 Å². The molecule has 1 unspecified atom stereocenters.